The van der Waals surface area contributed by atoms with Crippen molar-refractivity contribution in [2.24, 2.45) is 0 Å². The summed E-state index contributed by atoms with van der Waals surface area (Å²) < 4.78 is 1.17. The lowest BCUT2D eigenvalue weighted by Gasteiger charge is -2.37. The first-order valence-corrected chi connectivity index (χ1v) is 7.42. The smallest absolute Gasteiger partial charge is 0.137 e. The Kier molecular flexibility index (Phi) is 2.97. The third-order valence-electron chi connectivity index (χ3n) is 4.20. The number of hydrogen-bond donors (Lipinski definition) is 0. The number of aryl methyl sites for hydroxylation is 2. The first-order chi connectivity index (χ1) is 8.56. The van der Waals surface area contributed by atoms with Gasteiger partial charge in [-0.25, -0.2) is 0 Å². The van der Waals surface area contributed by atoms with Crippen LogP contribution in [0.1, 0.15) is 36.8 Å². The fraction of sp³-hybridized carbons (Fsp3) is 0.533. The molecule has 1 aromatic carbocycles. The number of carbonyl (C=O) groups is 1. The van der Waals surface area contributed by atoms with Crippen LogP contribution >= 0.6 is 15.9 Å². The van der Waals surface area contributed by atoms with Crippen LogP contribution in [0.2, 0.25) is 0 Å². The molecule has 3 heteroatoms. The van der Waals surface area contributed by atoms with Gasteiger partial charge in [0.15, 0.2) is 0 Å². The predicted molar refractivity (Wildman–Crippen MR) is 77.1 cm³/mol. The number of Topliss-reactive ketones (excluding diaryl/α,β-unsaturated/α-hetero) is 1. The lowest BCUT2D eigenvalue weighted by atomic mass is 9.99. The summed E-state index contributed by atoms with van der Waals surface area (Å²) in [6.45, 7) is 4.29. The van der Waals surface area contributed by atoms with Crippen LogP contribution < -0.4 is 4.90 Å². The van der Waals surface area contributed by atoms with Crippen LogP contribution in [0.4, 0.5) is 5.69 Å². The Labute approximate surface area is 116 Å². The van der Waals surface area contributed by atoms with E-state index in [1.165, 1.54) is 21.3 Å². The van der Waals surface area contributed by atoms with Crippen LogP contribution in [-0.4, -0.2) is 17.9 Å². The van der Waals surface area contributed by atoms with Gasteiger partial charge in [-0.2, -0.15) is 0 Å². The van der Waals surface area contributed by atoms with Crippen molar-refractivity contribution in [3.63, 3.8) is 0 Å². The summed E-state index contributed by atoms with van der Waals surface area (Å²) in [5.41, 5.74) is 3.90. The number of benzene rings is 1. The third-order valence-corrected chi connectivity index (χ3v) is 4.81. The molecule has 2 nitrogen and oxygen atoms in total. The van der Waals surface area contributed by atoms with E-state index in [1.54, 1.807) is 0 Å². The number of halogens is 1. The summed E-state index contributed by atoms with van der Waals surface area (Å²) in [5, 5.41) is 0. The minimum atomic E-state index is 0.425. The molecule has 2 bridgehead atoms. The second-order valence-electron chi connectivity index (χ2n) is 5.65. The number of piperidine rings is 1. The molecule has 0 N–H and O–H groups in total. The van der Waals surface area contributed by atoms with Crippen LogP contribution in [0, 0.1) is 13.8 Å². The van der Waals surface area contributed by atoms with E-state index >= 15 is 0 Å². The molecule has 2 aliphatic heterocycles. The molecule has 0 spiro atoms. The number of anilines is 1. The fourth-order valence-corrected chi connectivity index (χ4v) is 4.45. The predicted octanol–water partition coefficient (Wildman–Crippen LogP) is 3.77. The van der Waals surface area contributed by atoms with Crippen molar-refractivity contribution >= 4 is 27.4 Å². The van der Waals surface area contributed by atoms with Crippen molar-refractivity contribution in [3.8, 4) is 0 Å². The van der Waals surface area contributed by atoms with E-state index in [0.717, 1.165) is 25.7 Å². The van der Waals surface area contributed by atoms with Gasteiger partial charge < -0.3 is 4.90 Å². The SMILES string of the molecule is Cc1cc(C)c(N2C3CCC2CC(=O)C3)c(Br)c1. The first-order valence-electron chi connectivity index (χ1n) is 6.63. The van der Waals surface area contributed by atoms with Gasteiger partial charge in [0, 0.05) is 29.4 Å². The minimum absolute atomic E-state index is 0.425. The lowest BCUT2D eigenvalue weighted by molar-refractivity contribution is -0.120. The van der Waals surface area contributed by atoms with E-state index in [2.05, 4.69) is 46.8 Å². The van der Waals surface area contributed by atoms with Crippen molar-refractivity contribution in [2.75, 3.05) is 4.90 Å². The molecule has 2 fully saturated rings. The number of fused-ring (bicyclic) bond motifs is 2. The average molecular weight is 308 g/mol. The van der Waals surface area contributed by atoms with E-state index in [9.17, 15) is 4.79 Å². The molecule has 3 rings (SSSR count). The lowest BCUT2D eigenvalue weighted by Crippen LogP contribution is -2.43. The summed E-state index contributed by atoms with van der Waals surface area (Å²) in [6.07, 6.45) is 3.79. The highest BCUT2D eigenvalue weighted by Gasteiger charge is 2.41. The van der Waals surface area contributed by atoms with E-state index in [4.69, 9.17) is 0 Å². The van der Waals surface area contributed by atoms with Gasteiger partial charge in [0.05, 0.1) is 5.69 Å². The Hall–Kier alpha value is -0.830. The van der Waals surface area contributed by atoms with Crippen LogP contribution in [0.15, 0.2) is 16.6 Å². The standard InChI is InChI=1S/C15H18BrNO/c1-9-5-10(2)15(14(16)6-9)17-11-3-4-12(17)8-13(18)7-11/h5-6,11-12H,3-4,7-8H2,1-2H3. The third kappa shape index (κ3) is 1.89. The Morgan fingerprint density at radius 3 is 2.33 bits per heavy atom. The van der Waals surface area contributed by atoms with Crippen LogP contribution in [0.3, 0.4) is 0 Å². The largest absolute Gasteiger partial charge is 0.364 e. The molecule has 1 aromatic rings. The molecule has 0 radical (unpaired) electrons. The maximum atomic E-state index is 11.7. The van der Waals surface area contributed by atoms with E-state index in [1.807, 2.05) is 0 Å². The van der Waals surface area contributed by atoms with Gasteiger partial charge in [0.2, 0.25) is 0 Å². The van der Waals surface area contributed by atoms with Gasteiger partial charge in [-0.3, -0.25) is 4.79 Å². The molecule has 0 amide bonds. The van der Waals surface area contributed by atoms with Crippen molar-refractivity contribution in [3.05, 3.63) is 27.7 Å². The van der Waals surface area contributed by atoms with Crippen molar-refractivity contribution in [1.29, 1.82) is 0 Å². The summed E-state index contributed by atoms with van der Waals surface area (Å²) in [6, 6.07) is 5.26. The quantitative estimate of drug-likeness (QED) is 0.787. The number of nitrogens with zero attached hydrogens (tertiary/aromatic N) is 1. The Balaban J connectivity index is 2.04. The van der Waals surface area contributed by atoms with Crippen LogP contribution in [0.5, 0.6) is 0 Å². The van der Waals surface area contributed by atoms with E-state index in [0.29, 0.717) is 17.9 Å². The second-order valence-corrected chi connectivity index (χ2v) is 6.51. The summed E-state index contributed by atoms with van der Waals surface area (Å²) >= 11 is 3.70. The zero-order valence-electron chi connectivity index (χ0n) is 10.9. The molecule has 2 saturated heterocycles. The number of ketones is 1. The molecule has 0 aliphatic carbocycles. The summed E-state index contributed by atoms with van der Waals surface area (Å²) in [5.74, 6) is 0.444. The number of hydrogen-bond acceptors (Lipinski definition) is 2. The maximum absolute atomic E-state index is 11.7. The summed E-state index contributed by atoms with van der Waals surface area (Å²) in [4.78, 5) is 14.2. The molecule has 96 valence electrons. The Morgan fingerprint density at radius 1 is 1.17 bits per heavy atom. The maximum Gasteiger partial charge on any atom is 0.137 e. The monoisotopic (exact) mass is 307 g/mol. The van der Waals surface area contributed by atoms with Gasteiger partial charge in [0.25, 0.3) is 0 Å². The van der Waals surface area contributed by atoms with Crippen molar-refractivity contribution in [2.45, 2.75) is 51.6 Å². The molecule has 2 aliphatic rings. The molecule has 0 saturated carbocycles. The fourth-order valence-electron chi connectivity index (χ4n) is 3.57. The van der Waals surface area contributed by atoms with Crippen molar-refractivity contribution < 1.29 is 4.79 Å². The second kappa shape index (κ2) is 4.37. The molecule has 2 atom stereocenters. The first kappa shape index (κ1) is 12.2. The minimum Gasteiger partial charge on any atom is -0.364 e. The van der Waals surface area contributed by atoms with Gasteiger partial charge in [-0.05, 0) is 59.8 Å². The van der Waals surface area contributed by atoms with Crippen molar-refractivity contribution in [1.82, 2.24) is 0 Å². The summed E-state index contributed by atoms with van der Waals surface area (Å²) in [7, 11) is 0. The average Bonchev–Trinajstić information content (AvgIpc) is 2.53. The topological polar surface area (TPSA) is 20.3 Å². The highest BCUT2D eigenvalue weighted by molar-refractivity contribution is 9.10. The van der Waals surface area contributed by atoms with Gasteiger partial charge in [-0.1, -0.05) is 6.07 Å². The Morgan fingerprint density at radius 2 is 1.78 bits per heavy atom. The van der Waals surface area contributed by atoms with Gasteiger partial charge in [-0.15, -0.1) is 0 Å². The highest BCUT2D eigenvalue weighted by Crippen LogP contribution is 2.42. The normalized spacial score (nSPS) is 26.8. The van der Waals surface area contributed by atoms with E-state index < -0.39 is 0 Å². The van der Waals surface area contributed by atoms with Gasteiger partial charge in [0.1, 0.15) is 5.78 Å². The van der Waals surface area contributed by atoms with Crippen LogP contribution in [-0.2, 0) is 4.79 Å². The molecule has 2 unspecified atom stereocenters. The zero-order chi connectivity index (χ0) is 12.9. The molecule has 2 heterocycles. The zero-order valence-corrected chi connectivity index (χ0v) is 12.5. The highest BCUT2D eigenvalue weighted by atomic mass is 79.9. The van der Waals surface area contributed by atoms with Gasteiger partial charge >= 0.3 is 0 Å². The molecular formula is C15H18BrNO. The molecular weight excluding hydrogens is 290 g/mol. The molecule has 0 aromatic heterocycles. The number of carbonyl (C=O) groups excluding carboxylic acids is 1. The van der Waals surface area contributed by atoms with E-state index in [-0.39, 0.29) is 0 Å². The van der Waals surface area contributed by atoms with Crippen LogP contribution in [0.25, 0.3) is 0 Å². The Bertz CT molecular complexity index is 472. The number of rotatable bonds is 1. The molecule has 18 heavy (non-hydrogen) atoms.